The first-order valence-corrected chi connectivity index (χ1v) is 12.5. The van der Waals surface area contributed by atoms with Crippen LogP contribution in [0.3, 0.4) is 0 Å². The van der Waals surface area contributed by atoms with E-state index >= 15 is 0 Å². The second-order valence-electron chi connectivity index (χ2n) is 6.06. The van der Waals surface area contributed by atoms with E-state index in [-0.39, 0.29) is 12.2 Å². The summed E-state index contributed by atoms with van der Waals surface area (Å²) in [4.78, 5) is 43.5. The van der Waals surface area contributed by atoms with Gasteiger partial charge in [-0.1, -0.05) is 0 Å². The maximum Gasteiger partial charge on any atom is 0.490 e. The Labute approximate surface area is 167 Å². The molecular formula is C11H17N4O12P3. The smallest absolute Gasteiger partial charge is 0.388 e. The number of nitrogen functional groups attached to an aromatic ring is 1. The van der Waals surface area contributed by atoms with Gasteiger partial charge in [0, 0.05) is 12.6 Å². The Morgan fingerprint density at radius 3 is 2.53 bits per heavy atom. The first-order valence-electron chi connectivity index (χ1n) is 7.95. The van der Waals surface area contributed by atoms with Gasteiger partial charge in [-0.25, -0.2) is 23.7 Å². The molecule has 2 unspecified atom stereocenters. The maximum atomic E-state index is 11.8. The predicted molar refractivity (Wildman–Crippen MR) is 96.3 cm³/mol. The number of fused-ring (bicyclic) bond motifs is 1. The fraction of sp³-hybridized carbons (Fsp3) is 0.455. The average molecular weight is 490 g/mol. The van der Waals surface area contributed by atoms with Crippen LogP contribution in [0.15, 0.2) is 18.6 Å². The molecule has 3 heterocycles. The highest BCUT2D eigenvalue weighted by molar-refractivity contribution is 7.66. The average Bonchev–Trinajstić information content (AvgIpc) is 3.13. The molecule has 5 atom stereocenters. The zero-order valence-electron chi connectivity index (χ0n) is 14.7. The number of hydrogen-bond acceptors (Lipinski definition) is 11. The Morgan fingerprint density at radius 1 is 1.17 bits per heavy atom. The molecule has 2 aromatic rings. The van der Waals surface area contributed by atoms with E-state index in [1.165, 1.54) is 10.9 Å². The number of nitrogens with two attached hydrogens (primary N) is 1. The van der Waals surface area contributed by atoms with Crippen molar-refractivity contribution in [3.05, 3.63) is 18.6 Å². The van der Waals surface area contributed by atoms with Crippen LogP contribution in [0, 0.1) is 0 Å². The number of hydrogen-bond donors (Lipinski definition) is 6. The molecule has 3 rings (SSSR count). The lowest BCUT2D eigenvalue weighted by molar-refractivity contribution is -0.0478. The van der Waals surface area contributed by atoms with Gasteiger partial charge in [-0.3, -0.25) is 4.52 Å². The SMILES string of the molecule is Nc1ncnc2c1ccn2[C@@H]1O[C@H](COP(=O)(O)OP(=O)(O)OP(=O)(O)O)C[C@H]1O. The van der Waals surface area contributed by atoms with Gasteiger partial charge in [0.15, 0.2) is 6.23 Å². The number of rotatable bonds is 8. The Balaban J connectivity index is 1.63. The molecule has 1 aliphatic heterocycles. The summed E-state index contributed by atoms with van der Waals surface area (Å²) in [5.41, 5.74) is 6.13. The van der Waals surface area contributed by atoms with E-state index in [0.717, 1.165) is 0 Å². The molecule has 1 saturated heterocycles. The third-order valence-electron chi connectivity index (χ3n) is 3.82. The van der Waals surface area contributed by atoms with Crippen LogP contribution in [-0.4, -0.2) is 58.0 Å². The normalized spacial score (nSPS) is 26.5. The monoisotopic (exact) mass is 490 g/mol. The zero-order valence-corrected chi connectivity index (χ0v) is 17.4. The largest absolute Gasteiger partial charge is 0.490 e. The summed E-state index contributed by atoms with van der Waals surface area (Å²) >= 11 is 0. The lowest BCUT2D eigenvalue weighted by Gasteiger charge is -2.19. The topological polar surface area (TPSA) is 246 Å². The van der Waals surface area contributed by atoms with Crippen molar-refractivity contribution >= 4 is 40.3 Å². The first kappa shape index (κ1) is 23.4. The van der Waals surface area contributed by atoms with Crippen LogP contribution in [0.2, 0.25) is 0 Å². The molecule has 2 aromatic heterocycles. The van der Waals surface area contributed by atoms with Gasteiger partial charge in [0.25, 0.3) is 0 Å². The van der Waals surface area contributed by atoms with Gasteiger partial charge in [-0.15, -0.1) is 0 Å². The Morgan fingerprint density at radius 2 is 1.87 bits per heavy atom. The number of ether oxygens (including phenoxy) is 1. The number of phosphoric acid groups is 3. The van der Waals surface area contributed by atoms with E-state index in [4.69, 9.17) is 25.2 Å². The second kappa shape index (κ2) is 8.36. The Hall–Kier alpha value is -1.25. The lowest BCUT2D eigenvalue weighted by Crippen LogP contribution is -2.19. The minimum Gasteiger partial charge on any atom is -0.388 e. The second-order valence-corrected chi connectivity index (χ2v) is 10.5. The number of nitrogens with zero attached hydrogens (tertiary/aromatic N) is 3. The van der Waals surface area contributed by atoms with Crippen molar-refractivity contribution in [3.63, 3.8) is 0 Å². The fourth-order valence-electron chi connectivity index (χ4n) is 2.76. The summed E-state index contributed by atoms with van der Waals surface area (Å²) in [6.07, 6.45) is -0.263. The van der Waals surface area contributed by atoms with E-state index in [1.54, 1.807) is 12.3 Å². The molecule has 0 spiro atoms. The van der Waals surface area contributed by atoms with Crippen molar-refractivity contribution in [2.75, 3.05) is 12.3 Å². The molecule has 0 bridgehead atoms. The van der Waals surface area contributed by atoms with E-state index in [9.17, 15) is 23.7 Å². The quantitative estimate of drug-likeness (QED) is 0.267. The summed E-state index contributed by atoms with van der Waals surface area (Å²) < 4.78 is 52.5. The minimum absolute atomic E-state index is 0.0549. The summed E-state index contributed by atoms with van der Waals surface area (Å²) in [6, 6.07) is 1.61. The van der Waals surface area contributed by atoms with Crippen molar-refractivity contribution in [3.8, 4) is 0 Å². The highest BCUT2D eigenvalue weighted by Crippen LogP contribution is 2.66. The fourth-order valence-corrected chi connectivity index (χ4v) is 5.81. The van der Waals surface area contributed by atoms with Gasteiger partial charge in [0.2, 0.25) is 0 Å². The number of anilines is 1. The van der Waals surface area contributed by atoms with Crippen LogP contribution >= 0.6 is 23.5 Å². The molecule has 19 heteroatoms. The van der Waals surface area contributed by atoms with Gasteiger partial charge in [0.1, 0.15) is 23.9 Å². The van der Waals surface area contributed by atoms with Gasteiger partial charge in [0.05, 0.1) is 18.1 Å². The maximum absolute atomic E-state index is 11.8. The molecule has 0 radical (unpaired) electrons. The number of aliphatic hydroxyl groups excluding tert-OH is 1. The molecule has 0 aromatic carbocycles. The van der Waals surface area contributed by atoms with Crippen molar-refractivity contribution in [2.45, 2.75) is 24.9 Å². The first-order chi connectivity index (χ1) is 13.8. The Kier molecular flexibility index (Phi) is 6.52. The highest BCUT2D eigenvalue weighted by Gasteiger charge is 2.42. The van der Waals surface area contributed by atoms with Gasteiger partial charge >= 0.3 is 23.5 Å². The van der Waals surface area contributed by atoms with Gasteiger partial charge in [-0.2, -0.15) is 8.62 Å². The summed E-state index contributed by atoms with van der Waals surface area (Å²) in [6.45, 7) is -0.673. The summed E-state index contributed by atoms with van der Waals surface area (Å²) in [5.74, 6) is 0.218. The molecular weight excluding hydrogens is 473 g/mol. The van der Waals surface area contributed by atoms with Crippen molar-refractivity contribution in [1.82, 2.24) is 14.5 Å². The van der Waals surface area contributed by atoms with E-state index in [2.05, 4.69) is 23.1 Å². The van der Waals surface area contributed by atoms with Crippen LogP contribution in [0.25, 0.3) is 11.0 Å². The van der Waals surface area contributed by atoms with Crippen molar-refractivity contribution in [1.29, 1.82) is 0 Å². The molecule has 16 nitrogen and oxygen atoms in total. The third-order valence-corrected chi connectivity index (χ3v) is 7.62. The van der Waals surface area contributed by atoms with Crippen LogP contribution in [0.5, 0.6) is 0 Å². The van der Waals surface area contributed by atoms with E-state index in [0.29, 0.717) is 11.0 Å². The van der Waals surface area contributed by atoms with Crippen LogP contribution < -0.4 is 5.73 Å². The Bertz CT molecular complexity index is 1070. The van der Waals surface area contributed by atoms with E-state index in [1.807, 2.05) is 0 Å². The van der Waals surface area contributed by atoms with Crippen LogP contribution in [0.4, 0.5) is 5.82 Å². The van der Waals surface area contributed by atoms with Crippen LogP contribution in [0.1, 0.15) is 12.6 Å². The molecule has 0 amide bonds. The van der Waals surface area contributed by atoms with E-state index < -0.39 is 48.5 Å². The zero-order chi connectivity index (χ0) is 22.3. The molecule has 0 aliphatic carbocycles. The summed E-state index contributed by atoms with van der Waals surface area (Å²) in [7, 11) is -16.4. The molecule has 30 heavy (non-hydrogen) atoms. The van der Waals surface area contributed by atoms with Crippen molar-refractivity contribution in [2.24, 2.45) is 0 Å². The third kappa shape index (κ3) is 5.71. The number of phosphoric ester groups is 1. The molecule has 1 fully saturated rings. The van der Waals surface area contributed by atoms with Crippen molar-refractivity contribution < 1.29 is 56.3 Å². The molecule has 1 aliphatic rings. The highest BCUT2D eigenvalue weighted by atomic mass is 31.3. The van der Waals surface area contributed by atoms with Crippen LogP contribution in [-0.2, 0) is 31.6 Å². The standard InChI is InChI=1S/C11H17N4O12P3/c12-9-7-1-2-15(10(7)14-5-13-9)11-8(16)3-6(25-11)4-24-29(20,21)27-30(22,23)26-28(17,18)19/h1-2,5-6,8,11,16H,3-4H2,(H,20,21)(H,22,23)(H2,12,13,14)(H2,17,18,19)/t6-,8+,11+/m0/s1. The number of aliphatic hydroxyl groups is 1. The molecule has 168 valence electrons. The minimum atomic E-state index is -5.61. The van der Waals surface area contributed by atoms with Gasteiger partial charge < -0.3 is 39.7 Å². The molecule has 7 N–H and O–H groups in total. The predicted octanol–water partition coefficient (Wildman–Crippen LogP) is 0.00520. The lowest BCUT2D eigenvalue weighted by atomic mass is 10.2. The number of aromatic nitrogens is 3. The molecule has 0 saturated carbocycles. The van der Waals surface area contributed by atoms with Gasteiger partial charge in [-0.05, 0) is 6.07 Å². The summed E-state index contributed by atoms with van der Waals surface area (Å²) in [5, 5.41) is 10.8.